The van der Waals surface area contributed by atoms with Crippen LogP contribution in [0.5, 0.6) is 0 Å². The topological polar surface area (TPSA) is 96.0 Å². The van der Waals surface area contributed by atoms with Crippen LogP contribution in [-0.2, 0) is 10.0 Å². The van der Waals surface area contributed by atoms with Gasteiger partial charge in [-0.1, -0.05) is 0 Å². The number of hydrogen-bond donors (Lipinski definition) is 3. The molecule has 1 heterocycles. The number of anilines is 2. The van der Waals surface area contributed by atoms with E-state index in [4.69, 9.17) is 0 Å². The van der Waals surface area contributed by atoms with E-state index in [0.717, 1.165) is 12.4 Å². The number of aromatic nitrogens is 2. The lowest BCUT2D eigenvalue weighted by molar-refractivity contribution is 0.588. The molecule has 1 aromatic rings. The molecular formula is C10H19N5O2S. The Morgan fingerprint density at radius 3 is 2.39 bits per heavy atom. The molecular weight excluding hydrogens is 254 g/mol. The van der Waals surface area contributed by atoms with Crippen molar-refractivity contribution in [3.05, 3.63) is 11.9 Å². The zero-order chi connectivity index (χ0) is 13.6. The van der Waals surface area contributed by atoms with E-state index < -0.39 is 10.0 Å². The third kappa shape index (κ3) is 4.84. The number of nitrogens with one attached hydrogen (secondary N) is 3. The quantitative estimate of drug-likeness (QED) is 0.656. The molecule has 0 unspecified atom stereocenters. The molecule has 8 heteroatoms. The fourth-order valence-electron chi connectivity index (χ4n) is 1.35. The molecule has 18 heavy (non-hydrogen) atoms. The van der Waals surface area contributed by atoms with E-state index in [1.807, 2.05) is 6.92 Å². The van der Waals surface area contributed by atoms with Crippen LogP contribution < -0.4 is 15.4 Å². The lowest BCUT2D eigenvalue weighted by atomic mass is 10.4. The summed E-state index contributed by atoms with van der Waals surface area (Å²) >= 11 is 0. The third-order valence-electron chi connectivity index (χ3n) is 2.18. The Labute approximate surface area is 107 Å². The predicted octanol–water partition coefficient (Wildman–Crippen LogP) is 0.178. The lowest BCUT2D eigenvalue weighted by Gasteiger charge is -2.09. The fraction of sp³-hybridized carbons (Fsp3) is 0.600. The van der Waals surface area contributed by atoms with Crippen molar-refractivity contribution in [2.24, 2.45) is 0 Å². The smallest absolute Gasteiger partial charge is 0.213 e. The highest BCUT2D eigenvalue weighted by Crippen LogP contribution is 2.10. The Bertz CT molecular complexity index is 489. The molecule has 0 spiro atoms. The van der Waals surface area contributed by atoms with Crippen molar-refractivity contribution >= 4 is 21.7 Å². The van der Waals surface area contributed by atoms with Gasteiger partial charge in [0.25, 0.3) is 0 Å². The summed E-state index contributed by atoms with van der Waals surface area (Å²) in [4.78, 5) is 8.39. The SMILES string of the molecule is CCNc1cc(NCCS(=O)(=O)NC)nc(C)n1. The summed E-state index contributed by atoms with van der Waals surface area (Å²) in [6.07, 6.45) is 0. The van der Waals surface area contributed by atoms with Gasteiger partial charge < -0.3 is 10.6 Å². The molecule has 0 amide bonds. The van der Waals surface area contributed by atoms with Crippen LogP contribution in [0, 0.1) is 6.92 Å². The molecule has 0 aliphatic rings. The van der Waals surface area contributed by atoms with Crippen LogP contribution in [0.25, 0.3) is 0 Å². The van der Waals surface area contributed by atoms with Crippen molar-refractivity contribution in [3.8, 4) is 0 Å². The van der Waals surface area contributed by atoms with E-state index in [1.54, 1.807) is 13.0 Å². The molecule has 3 N–H and O–H groups in total. The molecule has 0 fully saturated rings. The van der Waals surface area contributed by atoms with Gasteiger partial charge in [-0.25, -0.2) is 23.1 Å². The highest BCUT2D eigenvalue weighted by molar-refractivity contribution is 7.89. The summed E-state index contributed by atoms with van der Waals surface area (Å²) in [5, 5.41) is 6.05. The fourth-order valence-corrected chi connectivity index (χ4v) is 1.92. The Balaban J connectivity index is 2.62. The number of nitrogens with zero attached hydrogens (tertiary/aromatic N) is 2. The van der Waals surface area contributed by atoms with Gasteiger partial charge in [-0.05, 0) is 20.9 Å². The van der Waals surface area contributed by atoms with Crippen LogP contribution in [0.4, 0.5) is 11.6 Å². The summed E-state index contributed by atoms with van der Waals surface area (Å²) in [6, 6.07) is 1.75. The van der Waals surface area contributed by atoms with Gasteiger partial charge in [0.15, 0.2) is 0 Å². The normalized spacial score (nSPS) is 11.3. The average Bonchev–Trinajstić information content (AvgIpc) is 2.28. The van der Waals surface area contributed by atoms with Gasteiger partial charge in [-0.15, -0.1) is 0 Å². The Kier molecular flexibility index (Phi) is 5.29. The molecule has 7 nitrogen and oxygen atoms in total. The molecule has 1 rings (SSSR count). The minimum absolute atomic E-state index is 0.00307. The van der Waals surface area contributed by atoms with E-state index in [9.17, 15) is 8.42 Å². The van der Waals surface area contributed by atoms with Gasteiger partial charge in [0, 0.05) is 19.2 Å². The largest absolute Gasteiger partial charge is 0.370 e. The molecule has 0 radical (unpaired) electrons. The summed E-state index contributed by atoms with van der Waals surface area (Å²) in [5.74, 6) is 1.98. The molecule has 0 saturated carbocycles. The Morgan fingerprint density at radius 1 is 1.22 bits per heavy atom. The lowest BCUT2D eigenvalue weighted by Crippen LogP contribution is -2.26. The van der Waals surface area contributed by atoms with Crippen LogP contribution in [0.3, 0.4) is 0 Å². The average molecular weight is 273 g/mol. The molecule has 0 aromatic carbocycles. The maximum absolute atomic E-state index is 11.2. The van der Waals surface area contributed by atoms with E-state index in [0.29, 0.717) is 18.2 Å². The van der Waals surface area contributed by atoms with Gasteiger partial charge in [0.05, 0.1) is 5.75 Å². The van der Waals surface area contributed by atoms with Crippen LogP contribution in [0.15, 0.2) is 6.07 Å². The molecule has 102 valence electrons. The monoisotopic (exact) mass is 273 g/mol. The summed E-state index contributed by atoms with van der Waals surface area (Å²) in [5.41, 5.74) is 0. The first-order valence-corrected chi connectivity index (χ1v) is 7.36. The van der Waals surface area contributed by atoms with Gasteiger partial charge >= 0.3 is 0 Å². The summed E-state index contributed by atoms with van der Waals surface area (Å²) < 4.78 is 24.7. The highest BCUT2D eigenvalue weighted by atomic mass is 32.2. The van der Waals surface area contributed by atoms with Crippen LogP contribution in [0.1, 0.15) is 12.7 Å². The van der Waals surface area contributed by atoms with Gasteiger partial charge in [-0.3, -0.25) is 0 Å². The third-order valence-corrected chi connectivity index (χ3v) is 3.55. The minimum atomic E-state index is -3.19. The molecule has 0 atom stereocenters. The van der Waals surface area contributed by atoms with Crippen molar-refractivity contribution in [3.63, 3.8) is 0 Å². The van der Waals surface area contributed by atoms with E-state index in [1.165, 1.54) is 7.05 Å². The molecule has 0 bridgehead atoms. The van der Waals surface area contributed by atoms with E-state index in [2.05, 4.69) is 25.3 Å². The Hall–Kier alpha value is -1.41. The van der Waals surface area contributed by atoms with Gasteiger partial charge in [0.2, 0.25) is 10.0 Å². The minimum Gasteiger partial charge on any atom is -0.370 e. The van der Waals surface area contributed by atoms with Crippen LogP contribution >= 0.6 is 0 Å². The first kappa shape index (κ1) is 14.7. The summed E-state index contributed by atoms with van der Waals surface area (Å²) in [7, 11) is -1.80. The number of rotatable bonds is 7. The summed E-state index contributed by atoms with van der Waals surface area (Å²) in [6.45, 7) is 4.83. The maximum atomic E-state index is 11.2. The molecule has 0 aliphatic heterocycles. The van der Waals surface area contributed by atoms with Crippen molar-refractivity contribution in [1.82, 2.24) is 14.7 Å². The maximum Gasteiger partial charge on any atom is 0.213 e. The van der Waals surface area contributed by atoms with Crippen molar-refractivity contribution in [2.75, 3.05) is 36.5 Å². The zero-order valence-corrected chi connectivity index (χ0v) is 11.6. The molecule has 0 aliphatic carbocycles. The second-order valence-corrected chi connectivity index (χ2v) is 5.71. The van der Waals surface area contributed by atoms with Crippen LogP contribution in [0.2, 0.25) is 0 Å². The van der Waals surface area contributed by atoms with Crippen molar-refractivity contribution < 1.29 is 8.42 Å². The van der Waals surface area contributed by atoms with E-state index in [-0.39, 0.29) is 5.75 Å². The first-order chi connectivity index (χ1) is 8.46. The first-order valence-electron chi connectivity index (χ1n) is 5.71. The van der Waals surface area contributed by atoms with Crippen molar-refractivity contribution in [2.45, 2.75) is 13.8 Å². The second kappa shape index (κ2) is 6.50. The Morgan fingerprint density at radius 2 is 1.83 bits per heavy atom. The van der Waals surface area contributed by atoms with Crippen LogP contribution in [-0.4, -0.2) is 44.3 Å². The predicted molar refractivity (Wildman–Crippen MR) is 72.3 cm³/mol. The number of aryl methyl sites for hydroxylation is 1. The number of sulfonamides is 1. The standard InChI is InChI=1S/C10H19N5O2S/c1-4-12-9-7-10(15-8(2)14-9)13-5-6-18(16,17)11-3/h7,11H,4-6H2,1-3H3,(H2,12,13,14,15). The highest BCUT2D eigenvalue weighted by Gasteiger charge is 2.07. The van der Waals surface area contributed by atoms with Gasteiger partial charge in [-0.2, -0.15) is 0 Å². The molecule has 0 saturated heterocycles. The van der Waals surface area contributed by atoms with Crippen molar-refractivity contribution in [1.29, 1.82) is 0 Å². The molecule has 1 aromatic heterocycles. The zero-order valence-electron chi connectivity index (χ0n) is 10.8. The van der Waals surface area contributed by atoms with E-state index >= 15 is 0 Å². The second-order valence-electron chi connectivity index (χ2n) is 3.67. The number of hydrogen-bond acceptors (Lipinski definition) is 6. The van der Waals surface area contributed by atoms with Gasteiger partial charge in [0.1, 0.15) is 17.5 Å².